The lowest BCUT2D eigenvalue weighted by Crippen LogP contribution is -2.00. The number of rotatable bonds is 3. The standard InChI is InChI=1S/C18H16N4O2/c1-23-12-7-11(8-13(9-12)24-2)16-10-20-18-17(19)21-14-5-3-4-6-15(14)22(16)18/h3-10H,1-2H3,(H2,19,21). The molecule has 2 N–H and O–H groups in total. The molecule has 24 heavy (non-hydrogen) atoms. The number of nitrogen functional groups attached to an aromatic ring is 1. The molecule has 0 saturated heterocycles. The molecule has 4 rings (SSSR count). The molecule has 6 heteroatoms. The van der Waals surface area contributed by atoms with E-state index in [9.17, 15) is 0 Å². The number of para-hydroxylation sites is 2. The van der Waals surface area contributed by atoms with E-state index in [1.807, 2.05) is 46.9 Å². The first-order chi connectivity index (χ1) is 11.7. The number of aromatic nitrogens is 3. The summed E-state index contributed by atoms with van der Waals surface area (Å²) in [4.78, 5) is 8.87. The highest BCUT2D eigenvalue weighted by atomic mass is 16.5. The molecule has 0 amide bonds. The summed E-state index contributed by atoms with van der Waals surface area (Å²) in [7, 11) is 3.26. The van der Waals surface area contributed by atoms with Crippen LogP contribution in [0, 0.1) is 0 Å². The van der Waals surface area contributed by atoms with Gasteiger partial charge in [-0.1, -0.05) is 12.1 Å². The summed E-state index contributed by atoms with van der Waals surface area (Å²) in [5.74, 6) is 1.83. The number of nitrogens with two attached hydrogens (primary N) is 1. The monoisotopic (exact) mass is 320 g/mol. The van der Waals surface area contributed by atoms with Crippen LogP contribution in [0.2, 0.25) is 0 Å². The van der Waals surface area contributed by atoms with Gasteiger partial charge in [-0.2, -0.15) is 0 Å². The maximum atomic E-state index is 6.08. The molecule has 0 fully saturated rings. The predicted octanol–water partition coefficient (Wildman–Crippen LogP) is 3.15. The Morgan fingerprint density at radius 1 is 1.00 bits per heavy atom. The van der Waals surface area contributed by atoms with E-state index in [1.165, 1.54) is 0 Å². The van der Waals surface area contributed by atoms with E-state index < -0.39 is 0 Å². The fourth-order valence-corrected chi connectivity index (χ4v) is 2.86. The summed E-state index contributed by atoms with van der Waals surface area (Å²) < 4.78 is 12.7. The first kappa shape index (κ1) is 14.3. The summed E-state index contributed by atoms with van der Waals surface area (Å²) in [6.45, 7) is 0. The van der Waals surface area contributed by atoms with Crippen LogP contribution in [0.4, 0.5) is 5.82 Å². The first-order valence-electron chi connectivity index (χ1n) is 7.46. The lowest BCUT2D eigenvalue weighted by Gasteiger charge is -2.10. The fraction of sp³-hybridized carbons (Fsp3) is 0.111. The highest BCUT2D eigenvalue weighted by Gasteiger charge is 2.14. The normalized spacial score (nSPS) is 11.1. The minimum Gasteiger partial charge on any atom is -0.497 e. The first-order valence-corrected chi connectivity index (χ1v) is 7.46. The van der Waals surface area contributed by atoms with Crippen molar-refractivity contribution in [3.8, 4) is 22.8 Å². The molecule has 4 aromatic rings. The van der Waals surface area contributed by atoms with E-state index in [-0.39, 0.29) is 0 Å². The molecule has 0 atom stereocenters. The maximum Gasteiger partial charge on any atom is 0.180 e. The molecule has 120 valence electrons. The van der Waals surface area contributed by atoms with E-state index in [0.717, 1.165) is 22.3 Å². The molecule has 2 heterocycles. The summed E-state index contributed by atoms with van der Waals surface area (Å²) >= 11 is 0. The predicted molar refractivity (Wildman–Crippen MR) is 93.4 cm³/mol. The van der Waals surface area contributed by atoms with Gasteiger partial charge in [-0.25, -0.2) is 9.97 Å². The quantitative estimate of drug-likeness (QED) is 0.627. The van der Waals surface area contributed by atoms with Crippen LogP contribution < -0.4 is 15.2 Å². The van der Waals surface area contributed by atoms with Crippen molar-refractivity contribution in [1.82, 2.24) is 14.4 Å². The van der Waals surface area contributed by atoms with Crippen molar-refractivity contribution in [3.05, 3.63) is 48.7 Å². The van der Waals surface area contributed by atoms with E-state index >= 15 is 0 Å². The summed E-state index contributed by atoms with van der Waals surface area (Å²) in [5.41, 5.74) is 10.3. The third-order valence-corrected chi connectivity index (χ3v) is 4.00. The summed E-state index contributed by atoms with van der Waals surface area (Å²) in [6, 6.07) is 13.6. The van der Waals surface area contributed by atoms with Crippen LogP contribution in [0.15, 0.2) is 48.7 Å². The van der Waals surface area contributed by atoms with Crippen LogP contribution in [0.25, 0.3) is 27.9 Å². The van der Waals surface area contributed by atoms with Crippen LogP contribution in [0.5, 0.6) is 11.5 Å². The number of hydrogen-bond donors (Lipinski definition) is 1. The zero-order valence-corrected chi connectivity index (χ0v) is 13.4. The number of ether oxygens (including phenoxy) is 2. The Hall–Kier alpha value is -3.28. The Balaban J connectivity index is 2.08. The number of nitrogens with zero attached hydrogens (tertiary/aromatic N) is 3. The third kappa shape index (κ3) is 2.11. The van der Waals surface area contributed by atoms with Gasteiger partial charge in [0.15, 0.2) is 11.5 Å². The molecular weight excluding hydrogens is 304 g/mol. The Kier molecular flexibility index (Phi) is 3.23. The zero-order valence-electron chi connectivity index (χ0n) is 13.4. The number of anilines is 1. The minimum atomic E-state index is 0.398. The van der Waals surface area contributed by atoms with Crippen molar-refractivity contribution < 1.29 is 9.47 Å². The van der Waals surface area contributed by atoms with Gasteiger partial charge >= 0.3 is 0 Å². The van der Waals surface area contributed by atoms with Gasteiger partial charge < -0.3 is 15.2 Å². The number of imidazole rings is 1. The second-order valence-electron chi connectivity index (χ2n) is 5.39. The van der Waals surface area contributed by atoms with Crippen LogP contribution >= 0.6 is 0 Å². The Bertz CT molecular complexity index is 1030. The average Bonchev–Trinajstić information content (AvgIpc) is 3.07. The van der Waals surface area contributed by atoms with Crippen molar-refractivity contribution in [2.45, 2.75) is 0 Å². The van der Waals surface area contributed by atoms with Crippen molar-refractivity contribution in [2.24, 2.45) is 0 Å². The highest BCUT2D eigenvalue weighted by Crippen LogP contribution is 2.32. The average molecular weight is 320 g/mol. The minimum absolute atomic E-state index is 0.398. The second-order valence-corrected chi connectivity index (χ2v) is 5.39. The highest BCUT2D eigenvalue weighted by molar-refractivity contribution is 5.85. The molecule has 0 aliphatic heterocycles. The number of benzene rings is 2. The molecule has 0 spiro atoms. The van der Waals surface area contributed by atoms with Gasteiger partial charge in [0.1, 0.15) is 11.5 Å². The van der Waals surface area contributed by atoms with Crippen molar-refractivity contribution in [2.75, 3.05) is 20.0 Å². The third-order valence-electron chi connectivity index (χ3n) is 4.00. The maximum absolute atomic E-state index is 6.08. The number of methoxy groups -OCH3 is 2. The lowest BCUT2D eigenvalue weighted by molar-refractivity contribution is 0.394. The Labute approximate surface area is 138 Å². The topological polar surface area (TPSA) is 74.7 Å². The second kappa shape index (κ2) is 5.42. The number of hydrogen-bond acceptors (Lipinski definition) is 5. The smallest absolute Gasteiger partial charge is 0.180 e. The molecule has 0 aliphatic carbocycles. The molecule has 0 bridgehead atoms. The van der Waals surface area contributed by atoms with Crippen molar-refractivity contribution in [3.63, 3.8) is 0 Å². The van der Waals surface area contributed by atoms with Gasteiger partial charge in [0.2, 0.25) is 0 Å². The molecule has 0 radical (unpaired) electrons. The van der Waals surface area contributed by atoms with Crippen molar-refractivity contribution >= 4 is 22.5 Å². The van der Waals surface area contributed by atoms with Gasteiger partial charge in [-0.15, -0.1) is 0 Å². The van der Waals surface area contributed by atoms with E-state index in [1.54, 1.807) is 20.4 Å². The van der Waals surface area contributed by atoms with Gasteiger partial charge in [0, 0.05) is 11.6 Å². The molecular formula is C18H16N4O2. The molecule has 2 aromatic carbocycles. The largest absolute Gasteiger partial charge is 0.497 e. The van der Waals surface area contributed by atoms with Gasteiger partial charge in [-0.05, 0) is 24.3 Å². The van der Waals surface area contributed by atoms with Gasteiger partial charge in [-0.3, -0.25) is 4.40 Å². The number of fused-ring (bicyclic) bond motifs is 3. The lowest BCUT2D eigenvalue weighted by atomic mass is 10.1. The Morgan fingerprint density at radius 2 is 1.71 bits per heavy atom. The molecule has 0 saturated carbocycles. The molecule has 6 nitrogen and oxygen atoms in total. The van der Waals surface area contributed by atoms with Crippen LogP contribution in [0.1, 0.15) is 0 Å². The summed E-state index contributed by atoms with van der Waals surface area (Å²) in [6.07, 6.45) is 1.79. The molecule has 0 aliphatic rings. The molecule has 0 unspecified atom stereocenters. The fourth-order valence-electron chi connectivity index (χ4n) is 2.86. The van der Waals surface area contributed by atoms with Crippen LogP contribution in [-0.2, 0) is 0 Å². The SMILES string of the molecule is COc1cc(OC)cc(-c2cnc3c(N)nc4ccccc4n23)c1. The van der Waals surface area contributed by atoms with Crippen molar-refractivity contribution in [1.29, 1.82) is 0 Å². The summed E-state index contributed by atoms with van der Waals surface area (Å²) in [5, 5.41) is 0. The van der Waals surface area contributed by atoms with Crippen LogP contribution in [0.3, 0.4) is 0 Å². The molecule has 2 aromatic heterocycles. The van der Waals surface area contributed by atoms with E-state index in [2.05, 4.69) is 9.97 Å². The Morgan fingerprint density at radius 3 is 2.42 bits per heavy atom. The van der Waals surface area contributed by atoms with E-state index in [4.69, 9.17) is 15.2 Å². The van der Waals surface area contributed by atoms with Crippen LogP contribution in [-0.4, -0.2) is 28.6 Å². The zero-order chi connectivity index (χ0) is 16.7. The van der Waals surface area contributed by atoms with E-state index in [0.29, 0.717) is 23.0 Å². The van der Waals surface area contributed by atoms with Gasteiger partial charge in [0.25, 0.3) is 0 Å². The van der Waals surface area contributed by atoms with Gasteiger partial charge in [0.05, 0.1) is 37.1 Å².